The summed E-state index contributed by atoms with van der Waals surface area (Å²) in [5, 5.41) is 12.9. The van der Waals surface area contributed by atoms with Crippen molar-refractivity contribution in [1.29, 1.82) is 0 Å². The van der Waals surface area contributed by atoms with Crippen LogP contribution in [-0.4, -0.2) is 17.9 Å². The molecule has 0 spiro atoms. The number of hydrogen-bond donors (Lipinski definition) is 0. The first-order chi connectivity index (χ1) is 13.0. The minimum Gasteiger partial charge on any atom is -0.258 e. The maximum absolute atomic E-state index is 11.4. The number of para-hydroxylation sites is 1. The molecular weight excluding hydrogens is 390 g/mol. The fourth-order valence-electron chi connectivity index (χ4n) is 4.04. The summed E-state index contributed by atoms with van der Waals surface area (Å²) >= 11 is 0. The third-order valence-electron chi connectivity index (χ3n) is 5.61. The summed E-state index contributed by atoms with van der Waals surface area (Å²) < 4.78 is 0. The summed E-state index contributed by atoms with van der Waals surface area (Å²) in [6.45, 7) is 4.93. The average Bonchev–Trinajstić information content (AvgIpc) is 2.69. The number of hydrogen-bond acceptors (Lipinski definition) is 4. The van der Waals surface area contributed by atoms with E-state index in [1.807, 2.05) is 22.9 Å². The van der Waals surface area contributed by atoms with E-state index >= 15 is 0 Å². The molecule has 0 radical (unpaired) electrons. The zero-order valence-corrected chi connectivity index (χ0v) is 18.6. The molecule has 0 aliphatic heterocycles. The van der Waals surface area contributed by atoms with Gasteiger partial charge < -0.3 is 0 Å². The number of nitrogens with zero attached hydrogens (tertiary/aromatic N) is 1. The normalized spacial score (nSPS) is 16.8. The Kier molecular flexibility index (Phi) is 7.06. The Balaban J connectivity index is 1.86. The molecule has 1 saturated carbocycles. The highest BCUT2D eigenvalue weighted by atomic mass is 33.1. The lowest BCUT2D eigenvalue weighted by Gasteiger charge is -2.39. The van der Waals surface area contributed by atoms with Gasteiger partial charge >= 0.3 is 0 Å². The maximum Gasteiger partial charge on any atom is 0.283 e. The Morgan fingerprint density at radius 2 is 1.63 bits per heavy atom. The summed E-state index contributed by atoms with van der Waals surface area (Å²) in [5.41, 5.74) is 0.219. The van der Waals surface area contributed by atoms with Crippen molar-refractivity contribution in [3.63, 3.8) is 0 Å². The molecule has 0 saturated heterocycles. The predicted molar refractivity (Wildman–Crippen MR) is 120 cm³/mol. The van der Waals surface area contributed by atoms with Crippen LogP contribution in [0.5, 0.6) is 0 Å². The molecule has 0 aromatic heterocycles. The highest BCUT2D eigenvalue weighted by Gasteiger charge is 2.40. The summed E-state index contributed by atoms with van der Waals surface area (Å²) in [6.07, 6.45) is 6.56. The van der Waals surface area contributed by atoms with Gasteiger partial charge in [0, 0.05) is 10.9 Å². The minimum absolute atomic E-state index is 0.219. The Bertz CT molecular complexity index is 764. The lowest BCUT2D eigenvalue weighted by Crippen LogP contribution is -2.54. The molecule has 0 N–H and O–H groups in total. The molecule has 2 aromatic rings. The molecule has 6 heteroatoms. The molecule has 0 bridgehead atoms. The van der Waals surface area contributed by atoms with E-state index < -0.39 is 8.07 Å². The first-order valence-electron chi connectivity index (χ1n) is 9.62. The van der Waals surface area contributed by atoms with Gasteiger partial charge in [-0.2, -0.15) is 0 Å². The van der Waals surface area contributed by atoms with E-state index in [2.05, 4.69) is 43.4 Å². The second-order valence-corrected chi connectivity index (χ2v) is 15.3. The van der Waals surface area contributed by atoms with Crippen LogP contribution >= 0.6 is 21.6 Å². The van der Waals surface area contributed by atoms with Gasteiger partial charge in [-0.3, -0.25) is 10.1 Å². The monoisotopic (exact) mass is 417 g/mol. The Morgan fingerprint density at radius 3 is 2.30 bits per heavy atom. The van der Waals surface area contributed by atoms with Crippen molar-refractivity contribution in [3.05, 3.63) is 64.7 Å². The van der Waals surface area contributed by atoms with Gasteiger partial charge in [0.15, 0.2) is 0 Å². The van der Waals surface area contributed by atoms with Crippen molar-refractivity contribution in [3.8, 4) is 0 Å². The van der Waals surface area contributed by atoms with Crippen molar-refractivity contribution < 1.29 is 4.92 Å². The van der Waals surface area contributed by atoms with Crippen LogP contribution in [-0.2, 0) is 0 Å². The van der Waals surface area contributed by atoms with Gasteiger partial charge in [-0.25, -0.2) is 0 Å². The Morgan fingerprint density at radius 1 is 1.00 bits per heavy atom. The lowest BCUT2D eigenvalue weighted by molar-refractivity contribution is -0.387. The quantitative estimate of drug-likeness (QED) is 0.225. The summed E-state index contributed by atoms with van der Waals surface area (Å²) in [6, 6.07) is 18.0. The predicted octanol–water partition coefficient (Wildman–Crippen LogP) is 6.44. The molecule has 144 valence electrons. The number of benzene rings is 2. The first-order valence-corrected chi connectivity index (χ1v) is 14.9. The van der Waals surface area contributed by atoms with Gasteiger partial charge in [-0.05, 0) is 24.8 Å². The van der Waals surface area contributed by atoms with Gasteiger partial charge in [-0.1, -0.05) is 102 Å². The first kappa shape index (κ1) is 20.5. The van der Waals surface area contributed by atoms with Crippen LogP contribution in [0.1, 0.15) is 32.1 Å². The topological polar surface area (TPSA) is 43.1 Å². The van der Waals surface area contributed by atoms with Crippen LogP contribution in [0.25, 0.3) is 0 Å². The largest absolute Gasteiger partial charge is 0.283 e. The molecular formula is C21H27NO2S2Si. The fraction of sp³-hybridized carbons (Fsp3) is 0.429. The third kappa shape index (κ3) is 4.98. The van der Waals surface area contributed by atoms with Crippen molar-refractivity contribution in [2.75, 3.05) is 0 Å². The Hall–Kier alpha value is -1.24. The Labute approximate surface area is 170 Å². The van der Waals surface area contributed by atoms with Gasteiger partial charge in [0.1, 0.15) is 0 Å². The maximum atomic E-state index is 11.4. The van der Waals surface area contributed by atoms with Crippen LogP contribution in [0.2, 0.25) is 13.1 Å². The molecule has 0 amide bonds. The van der Waals surface area contributed by atoms with Gasteiger partial charge in [0.05, 0.1) is 17.9 Å². The zero-order chi connectivity index (χ0) is 19.3. The standard InChI is InChI=1S/C21H27NO2S2Si/c1-27(2,18-13-7-4-8-14-18)21(17-11-5-3-6-12-17)26-25-20-16-10-9-15-19(20)22(23)24/h4,7-10,13-17,21H,3,5-6,11-12H2,1-2H3. The van der Waals surface area contributed by atoms with E-state index in [4.69, 9.17) is 0 Å². The molecule has 1 unspecified atom stereocenters. The lowest BCUT2D eigenvalue weighted by atomic mass is 9.90. The van der Waals surface area contributed by atoms with Crippen LogP contribution in [0.4, 0.5) is 5.69 Å². The second-order valence-electron chi connectivity index (χ2n) is 7.81. The van der Waals surface area contributed by atoms with Crippen molar-refractivity contribution >= 4 is 40.5 Å². The SMILES string of the molecule is C[Si](C)(c1ccccc1)C(SSc1ccccc1[N+](=O)[O-])C1CCCCC1. The van der Waals surface area contributed by atoms with Crippen LogP contribution < -0.4 is 5.19 Å². The van der Waals surface area contributed by atoms with Crippen molar-refractivity contribution in [2.24, 2.45) is 5.92 Å². The fourth-order valence-corrected chi connectivity index (χ4v) is 13.4. The van der Waals surface area contributed by atoms with E-state index in [-0.39, 0.29) is 10.6 Å². The number of nitro benzene ring substituents is 1. The minimum atomic E-state index is -1.72. The second kappa shape index (κ2) is 9.30. The molecule has 3 nitrogen and oxygen atoms in total. The van der Waals surface area contributed by atoms with E-state index in [1.54, 1.807) is 22.9 Å². The highest BCUT2D eigenvalue weighted by Crippen LogP contribution is 2.47. The molecule has 27 heavy (non-hydrogen) atoms. The molecule has 1 aliphatic carbocycles. The van der Waals surface area contributed by atoms with Gasteiger partial charge in [0.2, 0.25) is 0 Å². The molecule has 1 aliphatic rings. The van der Waals surface area contributed by atoms with Crippen LogP contribution in [0.3, 0.4) is 0 Å². The summed E-state index contributed by atoms with van der Waals surface area (Å²) in [7, 11) is 1.77. The van der Waals surface area contributed by atoms with E-state index in [0.29, 0.717) is 10.8 Å². The average molecular weight is 418 g/mol. The third-order valence-corrected chi connectivity index (χ3v) is 14.6. The van der Waals surface area contributed by atoms with Crippen LogP contribution in [0, 0.1) is 16.0 Å². The van der Waals surface area contributed by atoms with Crippen molar-refractivity contribution in [2.45, 2.75) is 55.0 Å². The molecule has 1 atom stereocenters. The number of nitro groups is 1. The molecule has 0 heterocycles. The van der Waals surface area contributed by atoms with Crippen molar-refractivity contribution in [1.82, 2.24) is 0 Å². The van der Waals surface area contributed by atoms with E-state index in [0.717, 1.165) is 4.90 Å². The van der Waals surface area contributed by atoms with Crippen LogP contribution in [0.15, 0.2) is 59.5 Å². The smallest absolute Gasteiger partial charge is 0.258 e. The summed E-state index contributed by atoms with van der Waals surface area (Å²) in [4.78, 5) is 12.4. The molecule has 1 fully saturated rings. The molecule has 2 aromatic carbocycles. The van der Waals surface area contributed by atoms with E-state index in [1.165, 1.54) is 37.3 Å². The van der Waals surface area contributed by atoms with E-state index in [9.17, 15) is 10.1 Å². The molecule has 3 rings (SSSR count). The van der Waals surface area contributed by atoms with Gasteiger partial charge in [-0.15, -0.1) is 0 Å². The van der Waals surface area contributed by atoms with Gasteiger partial charge in [0.25, 0.3) is 5.69 Å². The zero-order valence-electron chi connectivity index (χ0n) is 16.0. The summed E-state index contributed by atoms with van der Waals surface area (Å²) in [5.74, 6) is 0.709. The number of rotatable bonds is 7. The highest BCUT2D eigenvalue weighted by molar-refractivity contribution is 8.77.